The highest BCUT2D eigenvalue weighted by molar-refractivity contribution is 14.1. The number of carbonyl (C=O) groups is 1. The van der Waals surface area contributed by atoms with Crippen LogP contribution in [0.25, 0.3) is 0 Å². The van der Waals surface area contributed by atoms with Gasteiger partial charge in [0.25, 0.3) is 6.43 Å². The van der Waals surface area contributed by atoms with Crippen molar-refractivity contribution >= 4 is 28.4 Å². The molecule has 0 bridgehead atoms. The van der Waals surface area contributed by atoms with E-state index in [1.807, 2.05) is 0 Å². The van der Waals surface area contributed by atoms with Crippen LogP contribution in [0.15, 0.2) is 12.1 Å². The van der Waals surface area contributed by atoms with E-state index in [0.717, 1.165) is 6.07 Å². The van der Waals surface area contributed by atoms with Crippen LogP contribution in [0.4, 0.5) is 8.78 Å². The van der Waals surface area contributed by atoms with Crippen LogP contribution < -0.4 is 0 Å². The molecule has 5 heteroatoms. The number of Topliss-reactive ketones (excluding diaryl/α,β-unsaturated/α-hetero) is 1. The maximum Gasteiger partial charge on any atom is 0.264 e. The van der Waals surface area contributed by atoms with Gasteiger partial charge in [-0.25, -0.2) is 8.78 Å². The molecule has 78 valence electrons. The van der Waals surface area contributed by atoms with Gasteiger partial charge >= 0.3 is 0 Å². The van der Waals surface area contributed by atoms with Gasteiger partial charge < -0.3 is 0 Å². The Bertz CT molecular complexity index is 451. The Labute approximate surface area is 99.0 Å². The van der Waals surface area contributed by atoms with Crippen molar-refractivity contribution in [1.82, 2.24) is 0 Å². The van der Waals surface area contributed by atoms with E-state index in [-0.39, 0.29) is 26.0 Å². The molecule has 0 aliphatic heterocycles. The van der Waals surface area contributed by atoms with E-state index in [2.05, 4.69) is 0 Å². The molecule has 0 fully saturated rings. The molecule has 1 aromatic carbocycles. The summed E-state index contributed by atoms with van der Waals surface area (Å²) in [5.41, 5.74) is -0.0132. The van der Waals surface area contributed by atoms with E-state index in [1.54, 1.807) is 28.7 Å². The molecule has 2 nitrogen and oxygen atoms in total. The molecule has 0 saturated carbocycles. The third kappa shape index (κ3) is 2.50. The maximum atomic E-state index is 12.6. The minimum Gasteiger partial charge on any atom is -0.294 e. The molecule has 0 amide bonds. The fourth-order valence-electron chi connectivity index (χ4n) is 1.13. The fourth-order valence-corrected chi connectivity index (χ4v) is 2.05. The lowest BCUT2D eigenvalue weighted by Crippen LogP contribution is -2.02. The van der Waals surface area contributed by atoms with Crippen molar-refractivity contribution in [3.63, 3.8) is 0 Å². The molecule has 0 unspecified atom stereocenters. The highest BCUT2D eigenvalue weighted by Gasteiger charge is 2.18. The Morgan fingerprint density at radius 1 is 1.53 bits per heavy atom. The molecular formula is C10H6F2INO. The monoisotopic (exact) mass is 321 g/mol. The molecule has 0 atom stereocenters. The lowest BCUT2D eigenvalue weighted by Gasteiger charge is -2.07. The van der Waals surface area contributed by atoms with Crippen molar-refractivity contribution in [3.8, 4) is 6.07 Å². The van der Waals surface area contributed by atoms with Crippen LogP contribution >= 0.6 is 22.6 Å². The highest BCUT2D eigenvalue weighted by atomic mass is 127. The second-order valence-electron chi connectivity index (χ2n) is 2.90. The summed E-state index contributed by atoms with van der Waals surface area (Å²) in [6, 6.07) is 4.20. The normalized spacial score (nSPS) is 10.1. The first-order valence-corrected chi connectivity index (χ1v) is 5.08. The standard InChI is InChI=1S/C10H6F2INO/c1-5(15)7-2-6(4-14)3-8(9(7)13)10(11)12/h2-3,10H,1H3. The van der Waals surface area contributed by atoms with Crippen molar-refractivity contribution in [2.24, 2.45) is 0 Å². The largest absolute Gasteiger partial charge is 0.294 e. The van der Waals surface area contributed by atoms with Gasteiger partial charge in [0, 0.05) is 14.7 Å². The molecule has 1 aromatic rings. The summed E-state index contributed by atoms with van der Waals surface area (Å²) in [5.74, 6) is -0.321. The predicted molar refractivity (Wildman–Crippen MR) is 58.8 cm³/mol. The zero-order valence-corrected chi connectivity index (χ0v) is 9.88. The Hall–Kier alpha value is -1.03. The number of ketones is 1. The number of halogens is 3. The van der Waals surface area contributed by atoms with Crippen LogP contribution in [0.3, 0.4) is 0 Å². The minimum atomic E-state index is -2.68. The average molecular weight is 321 g/mol. The van der Waals surface area contributed by atoms with Gasteiger partial charge in [-0.3, -0.25) is 4.79 Å². The first-order chi connectivity index (χ1) is 6.97. The van der Waals surface area contributed by atoms with E-state index < -0.39 is 6.43 Å². The van der Waals surface area contributed by atoms with Gasteiger partial charge in [0.2, 0.25) is 0 Å². The third-order valence-electron chi connectivity index (χ3n) is 1.84. The molecule has 0 heterocycles. The second kappa shape index (κ2) is 4.66. The molecule has 0 aliphatic carbocycles. The van der Waals surface area contributed by atoms with Gasteiger partial charge in [0.1, 0.15) is 0 Å². The summed E-state index contributed by atoms with van der Waals surface area (Å²) in [5, 5.41) is 8.63. The van der Waals surface area contributed by atoms with Gasteiger partial charge in [-0.1, -0.05) is 0 Å². The van der Waals surface area contributed by atoms with E-state index >= 15 is 0 Å². The van der Waals surface area contributed by atoms with Crippen molar-refractivity contribution in [1.29, 1.82) is 5.26 Å². The number of benzene rings is 1. The van der Waals surface area contributed by atoms with Crippen LogP contribution in [0.5, 0.6) is 0 Å². The molecule has 0 saturated heterocycles. The minimum absolute atomic E-state index is 0.0796. The van der Waals surface area contributed by atoms with Gasteiger partial charge in [-0.05, 0) is 41.6 Å². The Morgan fingerprint density at radius 2 is 2.13 bits per heavy atom. The number of rotatable bonds is 2. The molecule has 0 spiro atoms. The second-order valence-corrected chi connectivity index (χ2v) is 3.97. The summed E-state index contributed by atoms with van der Waals surface area (Å²) >= 11 is 1.69. The number of nitriles is 1. The SMILES string of the molecule is CC(=O)c1cc(C#N)cc(C(F)F)c1I. The van der Waals surface area contributed by atoms with Gasteiger partial charge in [0.05, 0.1) is 11.6 Å². The summed E-state index contributed by atoms with van der Waals surface area (Å²) in [7, 11) is 0. The van der Waals surface area contributed by atoms with Gasteiger partial charge in [-0.15, -0.1) is 0 Å². The van der Waals surface area contributed by atoms with Crippen molar-refractivity contribution in [3.05, 3.63) is 32.4 Å². The number of nitrogens with zero attached hydrogens (tertiary/aromatic N) is 1. The van der Waals surface area contributed by atoms with Crippen molar-refractivity contribution < 1.29 is 13.6 Å². The first kappa shape index (κ1) is 12.0. The zero-order valence-electron chi connectivity index (χ0n) is 7.72. The van der Waals surface area contributed by atoms with E-state index in [9.17, 15) is 13.6 Å². The summed E-state index contributed by atoms with van der Waals surface area (Å²) in [6.07, 6.45) is -2.68. The summed E-state index contributed by atoms with van der Waals surface area (Å²) < 4.78 is 25.3. The van der Waals surface area contributed by atoms with Gasteiger partial charge in [-0.2, -0.15) is 5.26 Å². The third-order valence-corrected chi connectivity index (χ3v) is 3.05. The van der Waals surface area contributed by atoms with E-state index in [4.69, 9.17) is 5.26 Å². The van der Waals surface area contributed by atoms with E-state index in [1.165, 1.54) is 13.0 Å². The first-order valence-electron chi connectivity index (χ1n) is 4.00. The maximum absolute atomic E-state index is 12.6. The van der Waals surface area contributed by atoms with Crippen LogP contribution in [0.1, 0.15) is 34.8 Å². The predicted octanol–water partition coefficient (Wildman–Crippen LogP) is 3.30. The van der Waals surface area contributed by atoms with Crippen molar-refractivity contribution in [2.45, 2.75) is 13.3 Å². The van der Waals surface area contributed by atoms with Crippen LogP contribution in [0.2, 0.25) is 0 Å². The topological polar surface area (TPSA) is 40.9 Å². The Balaban J connectivity index is 3.49. The Morgan fingerprint density at radius 3 is 2.53 bits per heavy atom. The molecule has 0 aliphatic rings. The van der Waals surface area contributed by atoms with Gasteiger partial charge in [0.15, 0.2) is 5.78 Å². The molecule has 0 N–H and O–H groups in total. The van der Waals surface area contributed by atoms with Crippen molar-refractivity contribution in [2.75, 3.05) is 0 Å². The highest BCUT2D eigenvalue weighted by Crippen LogP contribution is 2.28. The lowest BCUT2D eigenvalue weighted by molar-refractivity contribution is 0.101. The lowest BCUT2D eigenvalue weighted by atomic mass is 10.0. The van der Waals surface area contributed by atoms with Crippen LogP contribution in [-0.4, -0.2) is 5.78 Å². The number of carbonyl (C=O) groups excluding carboxylic acids is 1. The Kier molecular flexibility index (Phi) is 3.74. The fraction of sp³-hybridized carbons (Fsp3) is 0.200. The summed E-state index contributed by atoms with van der Waals surface area (Å²) in [6.45, 7) is 1.29. The molecule has 0 aromatic heterocycles. The van der Waals surface area contributed by atoms with E-state index in [0.29, 0.717) is 0 Å². The number of alkyl halides is 2. The summed E-state index contributed by atoms with van der Waals surface area (Å²) in [4.78, 5) is 11.2. The number of hydrogen-bond donors (Lipinski definition) is 0. The smallest absolute Gasteiger partial charge is 0.264 e. The van der Waals surface area contributed by atoms with Crippen LogP contribution in [-0.2, 0) is 0 Å². The molecular weight excluding hydrogens is 315 g/mol. The molecule has 1 rings (SSSR count). The van der Waals surface area contributed by atoms with Crippen LogP contribution in [0, 0.1) is 14.9 Å². The molecule has 0 radical (unpaired) electrons. The number of hydrogen-bond acceptors (Lipinski definition) is 2. The quantitative estimate of drug-likeness (QED) is 0.619. The zero-order chi connectivity index (χ0) is 11.6. The molecule has 15 heavy (non-hydrogen) atoms. The average Bonchev–Trinajstić information content (AvgIpc) is 2.17.